The zero-order valence-corrected chi connectivity index (χ0v) is 18.9. The first-order valence-electron chi connectivity index (χ1n) is 9.78. The number of nitrogens with zero attached hydrogens (tertiary/aromatic N) is 3. The van der Waals surface area contributed by atoms with E-state index in [0.717, 1.165) is 38.4 Å². The molecule has 6 nitrogen and oxygen atoms in total. The van der Waals surface area contributed by atoms with E-state index in [2.05, 4.69) is 61.0 Å². The first kappa shape index (κ1) is 18.7. The number of thiophene rings is 1. The molecule has 0 radical (unpaired) electrons. The van der Waals surface area contributed by atoms with Crippen LogP contribution in [-0.4, -0.2) is 21.9 Å². The minimum atomic E-state index is -0.366. The molecule has 0 amide bonds. The van der Waals surface area contributed by atoms with E-state index in [4.69, 9.17) is 9.47 Å². The summed E-state index contributed by atoms with van der Waals surface area (Å²) in [6, 6.07) is 18.1. The summed E-state index contributed by atoms with van der Waals surface area (Å²) in [5.74, 6) is 2.31. The van der Waals surface area contributed by atoms with E-state index in [1.807, 2.05) is 35.0 Å². The summed E-state index contributed by atoms with van der Waals surface area (Å²) in [6.45, 7) is 0. The zero-order chi connectivity index (χ0) is 20.9. The minimum absolute atomic E-state index is 0.143. The van der Waals surface area contributed by atoms with Gasteiger partial charge in [0, 0.05) is 26.0 Å². The lowest BCUT2D eigenvalue weighted by Crippen LogP contribution is -2.32. The number of para-hydroxylation sites is 1. The molecule has 0 saturated carbocycles. The molecule has 0 bridgehead atoms. The first-order valence-corrected chi connectivity index (χ1v) is 11.5. The summed E-state index contributed by atoms with van der Waals surface area (Å²) in [6.07, 6.45) is 1.22. The maximum Gasteiger partial charge on any atom is 0.226 e. The number of halogens is 1. The standard InChI is InChI=1S/C23H17BrN4O2S/c1-29-16-9-8-13(24)11-15(16)22-19-20(14-5-2-3-6-17(14)30-22)27-23-25-12-26-28(23)21(19)18-7-4-10-31-18/h2-12,21-22H,1H3,(H,25,26,27). The molecule has 2 aliphatic rings. The third-order valence-electron chi connectivity index (χ3n) is 5.61. The molecule has 154 valence electrons. The van der Waals surface area contributed by atoms with Gasteiger partial charge in [-0.05, 0) is 41.8 Å². The highest BCUT2D eigenvalue weighted by Gasteiger charge is 2.42. The Hall–Kier alpha value is -3.10. The number of anilines is 1. The summed E-state index contributed by atoms with van der Waals surface area (Å²) in [4.78, 5) is 5.63. The fraction of sp³-hybridized carbons (Fsp3) is 0.130. The Balaban J connectivity index is 1.65. The van der Waals surface area contributed by atoms with Crippen LogP contribution in [0, 0.1) is 0 Å². The second-order valence-corrected chi connectivity index (χ2v) is 9.18. The summed E-state index contributed by atoms with van der Waals surface area (Å²) in [5.41, 5.74) is 4.05. The number of hydrogen-bond acceptors (Lipinski definition) is 6. The highest BCUT2D eigenvalue weighted by atomic mass is 79.9. The number of fused-ring (bicyclic) bond motifs is 3. The summed E-state index contributed by atoms with van der Waals surface area (Å²) in [7, 11) is 1.68. The van der Waals surface area contributed by atoms with Gasteiger partial charge in [-0.2, -0.15) is 10.1 Å². The smallest absolute Gasteiger partial charge is 0.226 e. The van der Waals surface area contributed by atoms with Crippen LogP contribution in [0.3, 0.4) is 0 Å². The third-order valence-corrected chi connectivity index (χ3v) is 7.03. The SMILES string of the molecule is COc1ccc(Br)cc1C1Oc2ccccc2C2=C1C(c1cccs1)n1ncnc1N2. The molecule has 2 aliphatic heterocycles. The fourth-order valence-corrected chi connectivity index (χ4v) is 5.51. The van der Waals surface area contributed by atoms with Crippen LogP contribution >= 0.6 is 27.3 Å². The molecular formula is C23H17BrN4O2S. The van der Waals surface area contributed by atoms with Crippen LogP contribution < -0.4 is 14.8 Å². The van der Waals surface area contributed by atoms with Gasteiger partial charge in [0.05, 0.1) is 12.8 Å². The van der Waals surface area contributed by atoms with Crippen LogP contribution in [0.15, 0.2) is 76.4 Å². The number of ether oxygens (including phenoxy) is 2. The van der Waals surface area contributed by atoms with Crippen LogP contribution in [0.5, 0.6) is 11.5 Å². The van der Waals surface area contributed by atoms with Gasteiger partial charge in [0.15, 0.2) is 6.10 Å². The van der Waals surface area contributed by atoms with E-state index in [1.165, 1.54) is 4.88 Å². The molecule has 0 aliphatic carbocycles. The van der Waals surface area contributed by atoms with Gasteiger partial charge in [-0.15, -0.1) is 11.3 Å². The van der Waals surface area contributed by atoms with Crippen LogP contribution in [0.1, 0.15) is 28.1 Å². The van der Waals surface area contributed by atoms with E-state index in [9.17, 15) is 0 Å². The van der Waals surface area contributed by atoms with Crippen molar-refractivity contribution in [2.24, 2.45) is 0 Å². The van der Waals surface area contributed by atoms with E-state index >= 15 is 0 Å². The van der Waals surface area contributed by atoms with Gasteiger partial charge in [-0.1, -0.05) is 34.1 Å². The van der Waals surface area contributed by atoms with Gasteiger partial charge in [0.25, 0.3) is 0 Å². The highest BCUT2D eigenvalue weighted by Crippen LogP contribution is 2.52. The fourth-order valence-electron chi connectivity index (χ4n) is 4.31. The number of benzene rings is 2. The molecule has 1 N–H and O–H groups in total. The number of rotatable bonds is 3. The van der Waals surface area contributed by atoms with Gasteiger partial charge in [0.1, 0.15) is 23.9 Å². The molecular weight excluding hydrogens is 476 g/mol. The van der Waals surface area contributed by atoms with E-state index in [0.29, 0.717) is 5.95 Å². The first-order chi connectivity index (χ1) is 15.2. The maximum absolute atomic E-state index is 6.65. The molecule has 4 heterocycles. The molecule has 2 atom stereocenters. The highest BCUT2D eigenvalue weighted by molar-refractivity contribution is 9.10. The Kier molecular flexibility index (Phi) is 4.36. The number of aromatic nitrogens is 3. The topological polar surface area (TPSA) is 61.2 Å². The third kappa shape index (κ3) is 2.90. The molecule has 6 rings (SSSR count). The van der Waals surface area contributed by atoms with Gasteiger partial charge >= 0.3 is 0 Å². The van der Waals surface area contributed by atoms with E-state index < -0.39 is 0 Å². The van der Waals surface area contributed by atoms with Crippen molar-refractivity contribution in [1.82, 2.24) is 14.8 Å². The molecule has 31 heavy (non-hydrogen) atoms. The predicted octanol–water partition coefficient (Wildman–Crippen LogP) is 5.67. The summed E-state index contributed by atoms with van der Waals surface area (Å²) in [5, 5.41) is 10.2. The number of methoxy groups -OCH3 is 1. The van der Waals surface area contributed by atoms with Crippen molar-refractivity contribution in [2.75, 3.05) is 12.4 Å². The van der Waals surface area contributed by atoms with Crippen LogP contribution in [-0.2, 0) is 0 Å². The van der Waals surface area contributed by atoms with Crippen LogP contribution in [0.25, 0.3) is 5.70 Å². The van der Waals surface area contributed by atoms with Crippen molar-refractivity contribution in [3.05, 3.63) is 92.4 Å². The largest absolute Gasteiger partial charge is 0.496 e. The predicted molar refractivity (Wildman–Crippen MR) is 124 cm³/mol. The van der Waals surface area contributed by atoms with Crippen molar-refractivity contribution >= 4 is 38.9 Å². The van der Waals surface area contributed by atoms with Crippen LogP contribution in [0.4, 0.5) is 5.95 Å². The Bertz CT molecular complexity index is 1310. The second kappa shape index (κ2) is 7.25. The molecule has 0 fully saturated rings. The van der Waals surface area contributed by atoms with Gasteiger partial charge in [-0.25, -0.2) is 4.68 Å². The Morgan fingerprint density at radius 1 is 1.16 bits per heavy atom. The molecule has 0 spiro atoms. The molecule has 0 saturated heterocycles. The Labute approximate surface area is 191 Å². The van der Waals surface area contributed by atoms with Gasteiger partial charge < -0.3 is 14.8 Å². The van der Waals surface area contributed by atoms with Crippen molar-refractivity contribution in [3.8, 4) is 11.5 Å². The van der Waals surface area contributed by atoms with Crippen molar-refractivity contribution in [3.63, 3.8) is 0 Å². The molecule has 2 aromatic carbocycles. The summed E-state index contributed by atoms with van der Waals surface area (Å²) < 4.78 is 15.3. The minimum Gasteiger partial charge on any atom is -0.496 e. The summed E-state index contributed by atoms with van der Waals surface area (Å²) >= 11 is 5.31. The molecule has 2 aromatic heterocycles. The van der Waals surface area contributed by atoms with Gasteiger partial charge in [0.2, 0.25) is 5.95 Å². The molecule has 8 heteroatoms. The Morgan fingerprint density at radius 2 is 2.06 bits per heavy atom. The lowest BCUT2D eigenvalue weighted by molar-refractivity contribution is 0.218. The second-order valence-electron chi connectivity index (χ2n) is 7.28. The Morgan fingerprint density at radius 3 is 2.90 bits per heavy atom. The average Bonchev–Trinajstić information content (AvgIpc) is 3.49. The molecule has 2 unspecified atom stereocenters. The lowest BCUT2D eigenvalue weighted by Gasteiger charge is -2.38. The van der Waals surface area contributed by atoms with Crippen molar-refractivity contribution in [1.29, 1.82) is 0 Å². The lowest BCUT2D eigenvalue weighted by atomic mass is 9.86. The monoisotopic (exact) mass is 492 g/mol. The average molecular weight is 493 g/mol. The number of nitrogens with one attached hydrogen (secondary N) is 1. The quantitative estimate of drug-likeness (QED) is 0.399. The zero-order valence-electron chi connectivity index (χ0n) is 16.4. The van der Waals surface area contributed by atoms with E-state index in [1.54, 1.807) is 24.8 Å². The maximum atomic E-state index is 6.65. The van der Waals surface area contributed by atoms with Crippen molar-refractivity contribution < 1.29 is 9.47 Å². The van der Waals surface area contributed by atoms with Crippen LogP contribution in [0.2, 0.25) is 0 Å². The van der Waals surface area contributed by atoms with E-state index in [-0.39, 0.29) is 12.1 Å². The van der Waals surface area contributed by atoms with Crippen molar-refractivity contribution in [2.45, 2.75) is 12.1 Å². The normalized spacial score (nSPS) is 19.0. The number of hydrogen-bond donors (Lipinski definition) is 1. The van der Waals surface area contributed by atoms with Gasteiger partial charge in [-0.3, -0.25) is 0 Å². The molecule has 4 aromatic rings.